The van der Waals surface area contributed by atoms with E-state index in [0.717, 1.165) is 24.7 Å². The fourth-order valence-corrected chi connectivity index (χ4v) is 3.29. The summed E-state index contributed by atoms with van der Waals surface area (Å²) in [5.41, 5.74) is -0.111. The Hall–Kier alpha value is -0.330. The third kappa shape index (κ3) is 6.41. The molecule has 1 heteroatoms. The van der Waals surface area contributed by atoms with Crippen LogP contribution in [0.3, 0.4) is 0 Å². The molecule has 0 saturated heterocycles. The second-order valence-corrected chi connectivity index (χ2v) is 7.41. The van der Waals surface area contributed by atoms with Gasteiger partial charge in [-0.15, -0.1) is 0 Å². The molecule has 0 saturated carbocycles. The fraction of sp³-hybridized carbons (Fsp3) is 0.947. The first kappa shape index (κ1) is 19.7. The molecule has 0 amide bonds. The molecule has 0 bridgehead atoms. The summed E-state index contributed by atoms with van der Waals surface area (Å²) in [6.45, 7) is 15.4. The highest BCUT2D eigenvalue weighted by molar-refractivity contribution is 5.82. The monoisotopic (exact) mass is 282 g/mol. The SMILES string of the molecule is CCCC(C)(C(C)=O)C(C)CC(C)CCCC(C)CC. The van der Waals surface area contributed by atoms with Crippen LogP contribution in [0, 0.1) is 23.2 Å². The number of carbonyl (C=O) groups is 1. The molecule has 0 aliphatic carbocycles. The Bertz CT molecular complexity index is 271. The van der Waals surface area contributed by atoms with Crippen molar-refractivity contribution >= 4 is 5.78 Å². The summed E-state index contributed by atoms with van der Waals surface area (Å²) in [6, 6.07) is 0. The van der Waals surface area contributed by atoms with Gasteiger partial charge in [-0.1, -0.05) is 73.6 Å². The standard InChI is InChI=1S/C19H38O/c1-8-13-19(7,18(6)20)17(5)14-16(4)12-10-11-15(3)9-2/h15-17H,8-14H2,1-7H3. The molecule has 0 aromatic carbocycles. The minimum absolute atomic E-state index is 0.111. The van der Waals surface area contributed by atoms with Crippen molar-refractivity contribution in [1.29, 1.82) is 0 Å². The molecule has 0 N–H and O–H groups in total. The summed E-state index contributed by atoms with van der Waals surface area (Å²) in [4.78, 5) is 12.0. The van der Waals surface area contributed by atoms with Gasteiger partial charge in [0.25, 0.3) is 0 Å². The van der Waals surface area contributed by atoms with Crippen LogP contribution >= 0.6 is 0 Å². The smallest absolute Gasteiger partial charge is 0.135 e. The molecular formula is C19H38O. The highest BCUT2D eigenvalue weighted by Gasteiger charge is 2.35. The van der Waals surface area contributed by atoms with Crippen LogP contribution in [-0.4, -0.2) is 5.78 Å². The number of carbonyl (C=O) groups excluding carboxylic acids is 1. The molecule has 0 rings (SSSR count). The molecular weight excluding hydrogens is 244 g/mol. The maximum absolute atomic E-state index is 12.0. The zero-order valence-corrected chi connectivity index (χ0v) is 15.1. The molecule has 0 aromatic heterocycles. The molecule has 0 heterocycles. The van der Waals surface area contributed by atoms with Crippen molar-refractivity contribution in [1.82, 2.24) is 0 Å². The van der Waals surface area contributed by atoms with Crippen molar-refractivity contribution in [3.63, 3.8) is 0 Å². The van der Waals surface area contributed by atoms with Crippen molar-refractivity contribution < 1.29 is 4.79 Å². The minimum Gasteiger partial charge on any atom is -0.299 e. The third-order valence-electron chi connectivity index (χ3n) is 5.51. The van der Waals surface area contributed by atoms with Crippen LogP contribution in [-0.2, 0) is 4.79 Å². The van der Waals surface area contributed by atoms with Gasteiger partial charge >= 0.3 is 0 Å². The van der Waals surface area contributed by atoms with Gasteiger partial charge < -0.3 is 0 Å². The topological polar surface area (TPSA) is 17.1 Å². The van der Waals surface area contributed by atoms with Gasteiger partial charge in [0.2, 0.25) is 0 Å². The quantitative estimate of drug-likeness (QED) is 0.437. The molecule has 0 aliphatic heterocycles. The summed E-state index contributed by atoms with van der Waals surface area (Å²) < 4.78 is 0. The zero-order chi connectivity index (χ0) is 15.8. The molecule has 4 unspecified atom stereocenters. The van der Waals surface area contributed by atoms with Gasteiger partial charge in [-0.3, -0.25) is 4.79 Å². The Labute approximate surface area is 127 Å². The Morgan fingerprint density at radius 1 is 1.05 bits per heavy atom. The van der Waals surface area contributed by atoms with E-state index in [4.69, 9.17) is 0 Å². The van der Waals surface area contributed by atoms with E-state index in [1.807, 2.05) is 0 Å². The number of hydrogen-bond donors (Lipinski definition) is 0. The van der Waals surface area contributed by atoms with Gasteiger partial charge in [0.15, 0.2) is 0 Å². The highest BCUT2D eigenvalue weighted by Crippen LogP contribution is 2.38. The summed E-state index contributed by atoms with van der Waals surface area (Å²) in [5.74, 6) is 2.48. The van der Waals surface area contributed by atoms with E-state index in [0.29, 0.717) is 11.7 Å². The van der Waals surface area contributed by atoms with Crippen LogP contribution in [0.1, 0.15) is 93.4 Å². The zero-order valence-electron chi connectivity index (χ0n) is 15.1. The summed E-state index contributed by atoms with van der Waals surface area (Å²) >= 11 is 0. The van der Waals surface area contributed by atoms with Gasteiger partial charge in [0.1, 0.15) is 5.78 Å². The Balaban J connectivity index is 4.28. The van der Waals surface area contributed by atoms with Crippen molar-refractivity contribution in [2.24, 2.45) is 23.2 Å². The Kier molecular flexibility index (Phi) is 9.42. The van der Waals surface area contributed by atoms with Gasteiger partial charge in [0, 0.05) is 5.41 Å². The molecule has 4 atom stereocenters. The maximum atomic E-state index is 12.0. The lowest BCUT2D eigenvalue weighted by Crippen LogP contribution is -2.33. The number of rotatable bonds is 11. The first-order valence-corrected chi connectivity index (χ1v) is 8.78. The van der Waals surface area contributed by atoms with E-state index in [9.17, 15) is 4.79 Å². The predicted octanol–water partition coefficient (Wildman–Crippen LogP) is 6.26. The van der Waals surface area contributed by atoms with Crippen molar-refractivity contribution in [2.75, 3.05) is 0 Å². The van der Waals surface area contributed by atoms with Crippen LogP contribution in [0.4, 0.5) is 0 Å². The molecule has 0 fully saturated rings. The van der Waals surface area contributed by atoms with Crippen molar-refractivity contribution in [3.05, 3.63) is 0 Å². The van der Waals surface area contributed by atoms with E-state index in [1.165, 1.54) is 32.1 Å². The van der Waals surface area contributed by atoms with E-state index >= 15 is 0 Å². The van der Waals surface area contributed by atoms with E-state index in [-0.39, 0.29) is 5.41 Å². The molecule has 1 nitrogen and oxygen atoms in total. The molecule has 0 aliphatic rings. The number of hydrogen-bond acceptors (Lipinski definition) is 1. The molecule has 120 valence electrons. The lowest BCUT2D eigenvalue weighted by molar-refractivity contribution is -0.129. The van der Waals surface area contributed by atoms with Gasteiger partial charge in [0.05, 0.1) is 0 Å². The fourth-order valence-electron chi connectivity index (χ4n) is 3.29. The first-order valence-electron chi connectivity index (χ1n) is 8.78. The number of Topliss-reactive ketones (excluding diaryl/α,β-unsaturated/α-hetero) is 1. The summed E-state index contributed by atoms with van der Waals surface area (Å²) in [6.07, 6.45) is 8.63. The van der Waals surface area contributed by atoms with Crippen LogP contribution in [0.2, 0.25) is 0 Å². The van der Waals surface area contributed by atoms with Crippen LogP contribution < -0.4 is 0 Å². The highest BCUT2D eigenvalue weighted by atomic mass is 16.1. The van der Waals surface area contributed by atoms with Crippen LogP contribution in [0.15, 0.2) is 0 Å². The predicted molar refractivity (Wildman–Crippen MR) is 89.9 cm³/mol. The second-order valence-electron chi connectivity index (χ2n) is 7.41. The lowest BCUT2D eigenvalue weighted by Gasteiger charge is -2.35. The minimum atomic E-state index is -0.111. The molecule has 0 radical (unpaired) electrons. The van der Waals surface area contributed by atoms with Crippen molar-refractivity contribution in [2.45, 2.75) is 93.4 Å². The maximum Gasteiger partial charge on any atom is 0.135 e. The van der Waals surface area contributed by atoms with Crippen LogP contribution in [0.5, 0.6) is 0 Å². The van der Waals surface area contributed by atoms with E-state index in [1.54, 1.807) is 6.92 Å². The summed E-state index contributed by atoms with van der Waals surface area (Å²) in [5, 5.41) is 0. The van der Waals surface area contributed by atoms with E-state index < -0.39 is 0 Å². The van der Waals surface area contributed by atoms with Gasteiger partial charge in [-0.25, -0.2) is 0 Å². The van der Waals surface area contributed by atoms with E-state index in [2.05, 4.69) is 41.5 Å². The first-order chi connectivity index (χ1) is 9.27. The second kappa shape index (κ2) is 9.58. The molecule has 0 aromatic rings. The molecule has 0 spiro atoms. The lowest BCUT2D eigenvalue weighted by atomic mass is 9.68. The summed E-state index contributed by atoms with van der Waals surface area (Å²) in [7, 11) is 0. The Morgan fingerprint density at radius 2 is 1.60 bits per heavy atom. The van der Waals surface area contributed by atoms with Crippen LogP contribution in [0.25, 0.3) is 0 Å². The van der Waals surface area contributed by atoms with Gasteiger partial charge in [-0.05, 0) is 37.5 Å². The average molecular weight is 283 g/mol. The largest absolute Gasteiger partial charge is 0.299 e. The average Bonchev–Trinajstić information content (AvgIpc) is 2.38. The Morgan fingerprint density at radius 3 is 2.05 bits per heavy atom. The molecule has 20 heavy (non-hydrogen) atoms. The van der Waals surface area contributed by atoms with Crippen molar-refractivity contribution in [3.8, 4) is 0 Å². The third-order valence-corrected chi connectivity index (χ3v) is 5.51. The number of ketones is 1. The normalized spacial score (nSPS) is 19.1. The van der Waals surface area contributed by atoms with Gasteiger partial charge in [-0.2, -0.15) is 0 Å².